The molecule has 2 aliphatic heterocycles. The summed E-state index contributed by atoms with van der Waals surface area (Å²) in [6.07, 6.45) is 2.07. The van der Waals surface area contributed by atoms with E-state index in [9.17, 15) is 9.59 Å². The molecule has 1 N–H and O–H groups in total. The second-order valence-electron chi connectivity index (χ2n) is 6.71. The molecule has 1 atom stereocenters. The molecule has 0 saturated carbocycles. The summed E-state index contributed by atoms with van der Waals surface area (Å²) in [5.41, 5.74) is 3.52. The van der Waals surface area contributed by atoms with E-state index in [1.807, 2.05) is 19.1 Å². The molecule has 4 rings (SSSR count). The van der Waals surface area contributed by atoms with Gasteiger partial charge in [0.15, 0.2) is 17.3 Å². The smallest absolute Gasteiger partial charge is 0.336 e. The summed E-state index contributed by atoms with van der Waals surface area (Å²) in [4.78, 5) is 25.6. The minimum Gasteiger partial charge on any atom is -0.463 e. The number of carbonyl (C=O) groups is 2. The van der Waals surface area contributed by atoms with Crippen molar-refractivity contribution in [2.75, 3.05) is 13.4 Å². The van der Waals surface area contributed by atoms with Crippen molar-refractivity contribution >= 4 is 27.7 Å². The summed E-state index contributed by atoms with van der Waals surface area (Å²) in [6, 6.07) is 3.67. The van der Waals surface area contributed by atoms with Gasteiger partial charge in [-0.15, -0.1) is 0 Å². The van der Waals surface area contributed by atoms with Crippen LogP contribution in [0.15, 0.2) is 39.1 Å². The first kappa shape index (κ1) is 18.1. The molecular weight excluding hydrogens is 414 g/mol. The van der Waals surface area contributed by atoms with Crippen LogP contribution in [0.5, 0.6) is 11.5 Å². The first-order valence-corrected chi connectivity index (χ1v) is 9.80. The number of nitrogens with one attached hydrogen (secondary N) is 1. The molecule has 0 radical (unpaired) electrons. The first-order valence-electron chi connectivity index (χ1n) is 9.01. The van der Waals surface area contributed by atoms with Crippen molar-refractivity contribution in [1.29, 1.82) is 0 Å². The Hall–Kier alpha value is -2.28. The topological polar surface area (TPSA) is 73.9 Å². The molecule has 0 unspecified atom stereocenters. The largest absolute Gasteiger partial charge is 0.463 e. The van der Waals surface area contributed by atoms with Gasteiger partial charge in [-0.25, -0.2) is 4.79 Å². The molecule has 0 bridgehead atoms. The lowest BCUT2D eigenvalue weighted by atomic mass is 9.75. The Morgan fingerprint density at radius 1 is 1.30 bits per heavy atom. The summed E-state index contributed by atoms with van der Waals surface area (Å²) in [6.45, 7) is 4.05. The molecule has 0 fully saturated rings. The van der Waals surface area contributed by atoms with Gasteiger partial charge < -0.3 is 19.5 Å². The summed E-state index contributed by atoms with van der Waals surface area (Å²) in [7, 11) is 0. The van der Waals surface area contributed by atoms with Crippen molar-refractivity contribution in [3.05, 3.63) is 44.7 Å². The zero-order valence-electron chi connectivity index (χ0n) is 15.2. The van der Waals surface area contributed by atoms with Crippen molar-refractivity contribution < 1.29 is 23.8 Å². The Labute approximate surface area is 165 Å². The highest BCUT2D eigenvalue weighted by Crippen LogP contribution is 2.48. The SMILES string of the molecule is CCOC(=O)C1=C(C)NC2=C(C(=O)CCC2)[C@@H]1c1cc2c(cc1Br)OCO2. The minimum absolute atomic E-state index is 0.0626. The number of carbonyl (C=O) groups excluding carboxylic acids is 2. The number of dihydropyridines is 1. The molecule has 3 aliphatic rings. The third-order valence-electron chi connectivity index (χ3n) is 5.07. The Bertz CT molecular complexity index is 902. The second kappa shape index (κ2) is 7.03. The summed E-state index contributed by atoms with van der Waals surface area (Å²) < 4.78 is 17.0. The van der Waals surface area contributed by atoms with Crippen LogP contribution in [0.25, 0.3) is 0 Å². The van der Waals surface area contributed by atoms with E-state index in [1.54, 1.807) is 6.92 Å². The standard InChI is InChI=1S/C20H20BrNO5/c1-3-25-20(24)17-10(2)22-13-5-4-6-14(23)19(13)18(17)11-7-15-16(8-12(11)21)27-9-26-15/h7-8,18,22H,3-6,9H2,1-2H3/t18-/m1/s1. The zero-order valence-corrected chi connectivity index (χ0v) is 16.8. The van der Waals surface area contributed by atoms with Crippen LogP contribution in [0.2, 0.25) is 0 Å². The Balaban J connectivity index is 1.91. The van der Waals surface area contributed by atoms with Gasteiger partial charge in [0.2, 0.25) is 6.79 Å². The fourth-order valence-corrected chi connectivity index (χ4v) is 4.48. The Morgan fingerprint density at radius 3 is 2.78 bits per heavy atom. The number of allylic oxidation sites excluding steroid dienone is 3. The van der Waals surface area contributed by atoms with E-state index in [4.69, 9.17) is 14.2 Å². The molecule has 2 heterocycles. The highest BCUT2D eigenvalue weighted by atomic mass is 79.9. The number of hydrogen-bond donors (Lipinski definition) is 1. The van der Waals surface area contributed by atoms with Gasteiger partial charge in [0.05, 0.1) is 12.2 Å². The number of rotatable bonds is 3. The molecular formula is C20H20BrNO5. The average Bonchev–Trinajstić information content (AvgIpc) is 3.07. The number of ketones is 1. The first-order chi connectivity index (χ1) is 13.0. The van der Waals surface area contributed by atoms with Crippen LogP contribution in [0.4, 0.5) is 0 Å². The van der Waals surface area contributed by atoms with E-state index < -0.39 is 11.9 Å². The Morgan fingerprint density at radius 2 is 2.04 bits per heavy atom. The van der Waals surface area contributed by atoms with Crippen molar-refractivity contribution in [1.82, 2.24) is 5.32 Å². The predicted molar refractivity (Wildman–Crippen MR) is 101 cm³/mol. The number of Topliss-reactive ketones (excluding diaryl/α,β-unsaturated/α-hetero) is 1. The van der Waals surface area contributed by atoms with Crippen molar-refractivity contribution in [3.63, 3.8) is 0 Å². The maximum absolute atomic E-state index is 12.8. The van der Waals surface area contributed by atoms with Gasteiger partial charge in [0.1, 0.15) is 0 Å². The minimum atomic E-state index is -0.503. The molecule has 0 spiro atoms. The van der Waals surface area contributed by atoms with Gasteiger partial charge in [-0.3, -0.25) is 4.79 Å². The quantitative estimate of drug-likeness (QED) is 0.732. The summed E-state index contributed by atoms with van der Waals surface area (Å²) >= 11 is 3.59. The van der Waals surface area contributed by atoms with Gasteiger partial charge in [-0.05, 0) is 44.4 Å². The van der Waals surface area contributed by atoms with Crippen LogP contribution in [-0.2, 0) is 14.3 Å². The highest BCUT2D eigenvalue weighted by molar-refractivity contribution is 9.10. The summed E-state index contributed by atoms with van der Waals surface area (Å²) in [5.74, 6) is 0.395. The van der Waals surface area contributed by atoms with Crippen LogP contribution in [0.3, 0.4) is 0 Å². The second-order valence-corrected chi connectivity index (χ2v) is 7.57. The van der Waals surface area contributed by atoms with Crippen molar-refractivity contribution in [2.45, 2.75) is 39.0 Å². The van der Waals surface area contributed by atoms with E-state index in [1.165, 1.54) is 0 Å². The molecule has 1 aromatic rings. The van der Waals surface area contributed by atoms with E-state index >= 15 is 0 Å². The maximum Gasteiger partial charge on any atom is 0.336 e. The molecule has 6 nitrogen and oxygen atoms in total. The van der Waals surface area contributed by atoms with Crippen LogP contribution >= 0.6 is 15.9 Å². The van der Waals surface area contributed by atoms with E-state index in [2.05, 4.69) is 21.2 Å². The van der Waals surface area contributed by atoms with Gasteiger partial charge in [0, 0.05) is 33.8 Å². The average molecular weight is 434 g/mol. The number of fused-ring (bicyclic) bond motifs is 1. The van der Waals surface area contributed by atoms with E-state index in [0.717, 1.165) is 34.3 Å². The third-order valence-corrected chi connectivity index (χ3v) is 5.76. The molecule has 7 heteroatoms. The van der Waals surface area contributed by atoms with Gasteiger partial charge in [-0.2, -0.15) is 0 Å². The van der Waals surface area contributed by atoms with Crippen molar-refractivity contribution in [2.24, 2.45) is 0 Å². The lowest BCUT2D eigenvalue weighted by Crippen LogP contribution is -2.34. The normalized spacial score (nSPS) is 21.1. The van der Waals surface area contributed by atoms with Gasteiger partial charge >= 0.3 is 5.97 Å². The van der Waals surface area contributed by atoms with Crippen LogP contribution in [-0.4, -0.2) is 25.2 Å². The van der Waals surface area contributed by atoms with Crippen LogP contribution in [0, 0.1) is 0 Å². The van der Waals surface area contributed by atoms with E-state index in [0.29, 0.717) is 29.1 Å². The van der Waals surface area contributed by atoms with Crippen LogP contribution in [0.1, 0.15) is 44.6 Å². The monoisotopic (exact) mass is 433 g/mol. The summed E-state index contributed by atoms with van der Waals surface area (Å²) in [5, 5.41) is 3.28. The predicted octanol–water partition coefficient (Wildman–Crippen LogP) is 3.71. The lowest BCUT2D eigenvalue weighted by Gasteiger charge is -2.34. The van der Waals surface area contributed by atoms with Gasteiger partial charge in [0.25, 0.3) is 0 Å². The number of esters is 1. The van der Waals surface area contributed by atoms with E-state index in [-0.39, 0.29) is 19.2 Å². The number of ether oxygens (including phenoxy) is 3. The lowest BCUT2D eigenvalue weighted by molar-refractivity contribution is -0.138. The fourth-order valence-electron chi connectivity index (χ4n) is 3.93. The molecule has 0 saturated heterocycles. The number of benzene rings is 1. The number of halogens is 1. The molecule has 0 amide bonds. The Kier molecular flexibility index (Phi) is 4.72. The van der Waals surface area contributed by atoms with Crippen molar-refractivity contribution in [3.8, 4) is 11.5 Å². The molecule has 0 aromatic heterocycles. The fraction of sp³-hybridized carbons (Fsp3) is 0.400. The molecule has 1 aromatic carbocycles. The number of hydrogen-bond acceptors (Lipinski definition) is 6. The molecule has 1 aliphatic carbocycles. The molecule has 142 valence electrons. The maximum atomic E-state index is 12.8. The third kappa shape index (κ3) is 3.04. The zero-order chi connectivity index (χ0) is 19.1. The van der Waals surface area contributed by atoms with Gasteiger partial charge in [-0.1, -0.05) is 15.9 Å². The highest BCUT2D eigenvalue weighted by Gasteiger charge is 2.40. The molecule has 27 heavy (non-hydrogen) atoms. The van der Waals surface area contributed by atoms with Crippen LogP contribution < -0.4 is 14.8 Å².